The van der Waals surface area contributed by atoms with Crippen LogP contribution in [0.2, 0.25) is 0 Å². The summed E-state index contributed by atoms with van der Waals surface area (Å²) in [6.45, 7) is 4.64. The fraction of sp³-hybridized carbons (Fsp3) is 0.571. The molecule has 0 spiro atoms. The molecule has 0 aliphatic carbocycles. The van der Waals surface area contributed by atoms with Gasteiger partial charge in [0.2, 0.25) is 0 Å². The Morgan fingerprint density at radius 3 is 2.55 bits per heavy atom. The van der Waals surface area contributed by atoms with Crippen molar-refractivity contribution < 1.29 is 13.2 Å². The Morgan fingerprint density at radius 2 is 1.95 bits per heavy atom. The summed E-state index contributed by atoms with van der Waals surface area (Å²) in [6.07, 6.45) is -1.99. The SMILES string of the molecule is CC(CNc1ccc(Br)cc1C(F)(F)F)N1CCCC1. The monoisotopic (exact) mass is 350 g/mol. The molecule has 1 atom stereocenters. The van der Waals surface area contributed by atoms with Crippen LogP contribution in [0.15, 0.2) is 22.7 Å². The molecule has 2 rings (SSSR count). The normalized spacial score (nSPS) is 18.2. The summed E-state index contributed by atoms with van der Waals surface area (Å²) in [5.41, 5.74) is -0.479. The molecule has 0 radical (unpaired) electrons. The van der Waals surface area contributed by atoms with E-state index in [4.69, 9.17) is 0 Å². The standard InChI is InChI=1S/C14H18BrF3N2/c1-10(20-6-2-3-7-20)9-19-13-5-4-11(15)8-12(13)14(16,17)18/h4-5,8,10,19H,2-3,6-7,9H2,1H3. The van der Waals surface area contributed by atoms with Crippen molar-refractivity contribution >= 4 is 21.6 Å². The van der Waals surface area contributed by atoms with Crippen molar-refractivity contribution in [3.63, 3.8) is 0 Å². The predicted octanol–water partition coefficient (Wildman–Crippen LogP) is 4.36. The summed E-state index contributed by atoms with van der Waals surface area (Å²) in [4.78, 5) is 2.30. The smallest absolute Gasteiger partial charge is 0.383 e. The van der Waals surface area contributed by atoms with Crippen LogP contribution >= 0.6 is 15.9 Å². The number of benzene rings is 1. The summed E-state index contributed by atoms with van der Waals surface area (Å²) in [5.74, 6) is 0. The Morgan fingerprint density at radius 1 is 1.30 bits per heavy atom. The third-order valence-electron chi connectivity index (χ3n) is 3.64. The molecule has 0 bridgehead atoms. The first-order chi connectivity index (χ1) is 9.38. The van der Waals surface area contributed by atoms with Crippen LogP contribution in [0, 0.1) is 0 Å². The Hall–Kier alpha value is -0.750. The number of hydrogen-bond acceptors (Lipinski definition) is 2. The number of nitrogens with one attached hydrogen (secondary N) is 1. The van der Waals surface area contributed by atoms with Crippen LogP contribution in [-0.4, -0.2) is 30.6 Å². The summed E-state index contributed by atoms with van der Waals surface area (Å²) in [6, 6.07) is 4.45. The van der Waals surface area contributed by atoms with Crippen LogP contribution in [0.5, 0.6) is 0 Å². The second-order valence-electron chi connectivity index (χ2n) is 5.16. The number of anilines is 1. The first kappa shape index (κ1) is 15.6. The van der Waals surface area contributed by atoms with Crippen molar-refractivity contribution in [1.29, 1.82) is 0 Å². The van der Waals surface area contributed by atoms with Crippen LogP contribution in [0.25, 0.3) is 0 Å². The molecule has 1 heterocycles. The first-order valence-electron chi connectivity index (χ1n) is 6.72. The van der Waals surface area contributed by atoms with Gasteiger partial charge >= 0.3 is 6.18 Å². The quantitative estimate of drug-likeness (QED) is 0.867. The third-order valence-corrected chi connectivity index (χ3v) is 4.13. The average molecular weight is 351 g/mol. The van der Waals surface area contributed by atoms with Gasteiger partial charge in [0.05, 0.1) is 5.56 Å². The molecule has 0 aromatic heterocycles. The van der Waals surface area contributed by atoms with Crippen molar-refractivity contribution in [2.45, 2.75) is 32.0 Å². The zero-order valence-corrected chi connectivity index (χ0v) is 12.9. The van der Waals surface area contributed by atoms with Gasteiger partial charge in [0, 0.05) is 22.7 Å². The molecular formula is C14H18BrF3N2. The largest absolute Gasteiger partial charge is 0.418 e. The molecule has 0 saturated carbocycles. The van der Waals surface area contributed by atoms with E-state index < -0.39 is 11.7 Å². The molecule has 1 aromatic rings. The molecule has 1 N–H and O–H groups in total. The highest BCUT2D eigenvalue weighted by Gasteiger charge is 2.33. The minimum absolute atomic E-state index is 0.145. The molecule has 1 aromatic carbocycles. The molecule has 1 saturated heterocycles. The molecule has 1 aliphatic heterocycles. The second-order valence-corrected chi connectivity index (χ2v) is 6.08. The number of alkyl halides is 3. The van der Waals surface area contributed by atoms with Crippen molar-refractivity contribution in [3.05, 3.63) is 28.2 Å². The molecule has 20 heavy (non-hydrogen) atoms. The van der Waals surface area contributed by atoms with Gasteiger partial charge in [-0.2, -0.15) is 13.2 Å². The van der Waals surface area contributed by atoms with E-state index in [-0.39, 0.29) is 11.7 Å². The Balaban J connectivity index is 2.05. The number of rotatable bonds is 4. The fourth-order valence-electron chi connectivity index (χ4n) is 2.47. The summed E-state index contributed by atoms with van der Waals surface area (Å²) < 4.78 is 39.4. The van der Waals surface area contributed by atoms with Gasteiger partial charge in [0.25, 0.3) is 0 Å². The van der Waals surface area contributed by atoms with Crippen LogP contribution in [0.1, 0.15) is 25.3 Å². The highest BCUT2D eigenvalue weighted by atomic mass is 79.9. The van der Waals surface area contributed by atoms with Gasteiger partial charge in [-0.05, 0) is 51.1 Å². The number of nitrogens with zero attached hydrogens (tertiary/aromatic N) is 1. The van der Waals surface area contributed by atoms with Gasteiger partial charge in [-0.3, -0.25) is 4.90 Å². The number of hydrogen-bond donors (Lipinski definition) is 1. The van der Waals surface area contributed by atoms with E-state index in [1.54, 1.807) is 6.07 Å². The van der Waals surface area contributed by atoms with Crippen LogP contribution in [0.3, 0.4) is 0 Å². The number of likely N-dealkylation sites (tertiary alicyclic amines) is 1. The second kappa shape index (κ2) is 6.35. The van der Waals surface area contributed by atoms with E-state index in [0.29, 0.717) is 11.0 Å². The van der Waals surface area contributed by atoms with Crippen LogP contribution in [0.4, 0.5) is 18.9 Å². The van der Waals surface area contributed by atoms with Gasteiger partial charge < -0.3 is 5.32 Å². The first-order valence-corrected chi connectivity index (χ1v) is 7.52. The summed E-state index contributed by atoms with van der Waals surface area (Å²) in [7, 11) is 0. The van der Waals surface area contributed by atoms with E-state index >= 15 is 0 Å². The zero-order valence-electron chi connectivity index (χ0n) is 11.3. The molecule has 112 valence electrons. The fourth-order valence-corrected chi connectivity index (χ4v) is 2.84. The predicted molar refractivity (Wildman–Crippen MR) is 77.9 cm³/mol. The Labute approximate surface area is 125 Å². The molecule has 0 amide bonds. The van der Waals surface area contributed by atoms with Crippen LogP contribution < -0.4 is 5.32 Å². The van der Waals surface area contributed by atoms with Gasteiger partial charge in [0.15, 0.2) is 0 Å². The van der Waals surface area contributed by atoms with Gasteiger partial charge in [-0.1, -0.05) is 15.9 Å². The van der Waals surface area contributed by atoms with Crippen molar-refractivity contribution in [3.8, 4) is 0 Å². The van der Waals surface area contributed by atoms with Gasteiger partial charge in [-0.25, -0.2) is 0 Å². The molecule has 2 nitrogen and oxygen atoms in total. The minimum atomic E-state index is -4.34. The highest BCUT2D eigenvalue weighted by molar-refractivity contribution is 9.10. The Bertz CT molecular complexity index is 456. The molecular weight excluding hydrogens is 333 g/mol. The highest BCUT2D eigenvalue weighted by Crippen LogP contribution is 2.36. The van der Waals surface area contributed by atoms with Crippen molar-refractivity contribution in [2.75, 3.05) is 25.0 Å². The lowest BCUT2D eigenvalue weighted by Crippen LogP contribution is -2.35. The van der Waals surface area contributed by atoms with Gasteiger partial charge in [-0.15, -0.1) is 0 Å². The maximum Gasteiger partial charge on any atom is 0.418 e. The van der Waals surface area contributed by atoms with Crippen molar-refractivity contribution in [2.24, 2.45) is 0 Å². The van der Waals surface area contributed by atoms with E-state index in [2.05, 4.69) is 26.1 Å². The van der Waals surface area contributed by atoms with Crippen LogP contribution in [-0.2, 0) is 6.18 Å². The van der Waals surface area contributed by atoms with E-state index in [1.807, 2.05) is 6.92 Å². The topological polar surface area (TPSA) is 15.3 Å². The molecule has 6 heteroatoms. The Kier molecular flexibility index (Phi) is 4.96. The third kappa shape index (κ3) is 3.88. The zero-order chi connectivity index (χ0) is 14.8. The maximum atomic E-state index is 13.0. The van der Waals surface area contributed by atoms with E-state index in [9.17, 15) is 13.2 Å². The lowest BCUT2D eigenvalue weighted by Gasteiger charge is -2.25. The van der Waals surface area contributed by atoms with Crippen molar-refractivity contribution in [1.82, 2.24) is 4.90 Å². The molecule has 1 fully saturated rings. The minimum Gasteiger partial charge on any atom is -0.383 e. The lowest BCUT2D eigenvalue weighted by atomic mass is 10.1. The average Bonchev–Trinajstić information content (AvgIpc) is 2.89. The van der Waals surface area contributed by atoms with E-state index in [1.165, 1.54) is 18.9 Å². The summed E-state index contributed by atoms with van der Waals surface area (Å²) >= 11 is 3.09. The molecule has 1 aliphatic rings. The summed E-state index contributed by atoms with van der Waals surface area (Å²) in [5, 5.41) is 2.94. The number of halogens is 4. The lowest BCUT2D eigenvalue weighted by molar-refractivity contribution is -0.137. The van der Waals surface area contributed by atoms with Gasteiger partial charge in [0.1, 0.15) is 0 Å². The maximum absolute atomic E-state index is 13.0. The van der Waals surface area contributed by atoms with E-state index in [0.717, 1.165) is 19.2 Å². The molecule has 1 unspecified atom stereocenters.